The van der Waals surface area contributed by atoms with Crippen LogP contribution >= 0.6 is 12.4 Å². The Morgan fingerprint density at radius 2 is 2.00 bits per heavy atom. The maximum atomic E-state index is 11.6. The number of nitrogens with one attached hydrogen (secondary N) is 1. The lowest BCUT2D eigenvalue weighted by Crippen LogP contribution is -2.23. The van der Waals surface area contributed by atoms with E-state index in [0.717, 1.165) is 16.9 Å². The van der Waals surface area contributed by atoms with Gasteiger partial charge in [0.25, 0.3) is 0 Å². The molecule has 6 heteroatoms. The molecule has 1 aromatic heterocycles. The number of carbonyl (C=O) groups excluding carboxylic acids is 1. The molecule has 0 saturated carbocycles. The van der Waals surface area contributed by atoms with Crippen molar-refractivity contribution in [3.8, 4) is 5.69 Å². The van der Waals surface area contributed by atoms with Crippen LogP contribution in [0.25, 0.3) is 5.69 Å². The van der Waals surface area contributed by atoms with E-state index in [9.17, 15) is 4.79 Å². The van der Waals surface area contributed by atoms with Crippen LogP contribution in [0.3, 0.4) is 0 Å². The number of nitrogens with two attached hydrogens (primary N) is 1. The lowest BCUT2D eigenvalue weighted by Gasteiger charge is -2.14. The molecule has 120 valence electrons. The lowest BCUT2D eigenvalue weighted by molar-refractivity contribution is -0.114. The van der Waals surface area contributed by atoms with E-state index in [1.54, 1.807) is 4.68 Å². The van der Waals surface area contributed by atoms with Gasteiger partial charge in [-0.2, -0.15) is 5.10 Å². The monoisotopic (exact) mass is 322 g/mol. The van der Waals surface area contributed by atoms with E-state index in [4.69, 9.17) is 5.73 Å². The minimum absolute atomic E-state index is 0. The van der Waals surface area contributed by atoms with Gasteiger partial charge >= 0.3 is 0 Å². The molecule has 0 bridgehead atoms. The van der Waals surface area contributed by atoms with Gasteiger partial charge in [0.2, 0.25) is 5.91 Å². The van der Waals surface area contributed by atoms with Crippen LogP contribution in [0.1, 0.15) is 32.0 Å². The lowest BCUT2D eigenvalue weighted by atomic mass is 9.92. The Hall–Kier alpha value is -1.85. The second kappa shape index (κ2) is 6.94. The van der Waals surface area contributed by atoms with Gasteiger partial charge in [0, 0.05) is 11.5 Å². The van der Waals surface area contributed by atoms with E-state index < -0.39 is 0 Å². The molecule has 0 saturated heterocycles. The maximum Gasteiger partial charge on any atom is 0.239 e. The molecule has 0 aliphatic heterocycles. The van der Waals surface area contributed by atoms with Gasteiger partial charge < -0.3 is 11.1 Å². The Balaban J connectivity index is 0.00000242. The predicted molar refractivity (Wildman–Crippen MR) is 91.9 cm³/mol. The zero-order valence-electron chi connectivity index (χ0n) is 13.4. The molecule has 5 nitrogen and oxygen atoms in total. The largest absolute Gasteiger partial charge is 0.322 e. The number of hydrogen-bond acceptors (Lipinski definition) is 3. The number of aryl methyl sites for hydroxylation is 1. The number of nitrogens with zero attached hydrogens (tertiary/aromatic N) is 2. The van der Waals surface area contributed by atoms with E-state index >= 15 is 0 Å². The summed E-state index contributed by atoms with van der Waals surface area (Å²) in [5.41, 5.74) is 8.25. The second-order valence-electron chi connectivity index (χ2n) is 6.17. The number of anilines is 1. The Morgan fingerprint density at radius 3 is 2.55 bits per heavy atom. The third-order valence-corrected chi connectivity index (χ3v) is 3.18. The molecule has 1 amide bonds. The Morgan fingerprint density at radius 1 is 1.32 bits per heavy atom. The summed E-state index contributed by atoms with van der Waals surface area (Å²) in [6, 6.07) is 9.88. The number of hydrogen-bond donors (Lipinski definition) is 2. The van der Waals surface area contributed by atoms with Crippen LogP contribution < -0.4 is 11.1 Å². The van der Waals surface area contributed by atoms with Gasteiger partial charge in [-0.15, -0.1) is 12.4 Å². The predicted octanol–water partition coefficient (Wildman–Crippen LogP) is 2.80. The van der Waals surface area contributed by atoms with Crippen LogP contribution in [0.15, 0.2) is 30.3 Å². The fourth-order valence-electron chi connectivity index (χ4n) is 1.99. The van der Waals surface area contributed by atoms with E-state index in [0.29, 0.717) is 5.82 Å². The topological polar surface area (TPSA) is 72.9 Å². The van der Waals surface area contributed by atoms with Crippen LogP contribution in [-0.4, -0.2) is 22.2 Å². The molecule has 3 N–H and O–H groups in total. The molecular weight excluding hydrogens is 300 g/mol. The second-order valence-corrected chi connectivity index (χ2v) is 6.17. The Labute approximate surface area is 137 Å². The van der Waals surface area contributed by atoms with Crippen molar-refractivity contribution in [1.82, 2.24) is 9.78 Å². The van der Waals surface area contributed by atoms with Gasteiger partial charge in [-0.1, -0.05) is 32.9 Å². The number of aromatic nitrogens is 2. The number of benzene rings is 1. The minimum Gasteiger partial charge on any atom is -0.322 e. The molecule has 0 radical (unpaired) electrons. The average molecular weight is 323 g/mol. The van der Waals surface area contributed by atoms with Crippen LogP contribution in [0.4, 0.5) is 5.82 Å². The van der Waals surface area contributed by atoms with Crippen molar-refractivity contribution in [1.29, 1.82) is 0 Å². The highest BCUT2D eigenvalue weighted by Gasteiger charge is 2.21. The van der Waals surface area contributed by atoms with Crippen molar-refractivity contribution in [2.45, 2.75) is 33.1 Å². The van der Waals surface area contributed by atoms with E-state index in [1.807, 2.05) is 37.3 Å². The van der Waals surface area contributed by atoms with Gasteiger partial charge in [-0.3, -0.25) is 4.79 Å². The molecule has 2 aromatic rings. The average Bonchev–Trinajstić information content (AvgIpc) is 2.82. The first-order valence-corrected chi connectivity index (χ1v) is 6.99. The number of carbonyl (C=O) groups is 1. The Kier molecular flexibility index (Phi) is 5.74. The zero-order valence-corrected chi connectivity index (χ0v) is 14.2. The summed E-state index contributed by atoms with van der Waals surface area (Å²) in [6.07, 6.45) is 0. The van der Waals surface area contributed by atoms with Gasteiger partial charge in [-0.05, 0) is 24.6 Å². The maximum absolute atomic E-state index is 11.6. The summed E-state index contributed by atoms with van der Waals surface area (Å²) >= 11 is 0. The molecular formula is C16H23ClN4O. The molecule has 1 aromatic carbocycles. The summed E-state index contributed by atoms with van der Waals surface area (Å²) < 4.78 is 1.75. The SMILES string of the molecule is Cc1cccc(-n2nc(C(C)(C)C)cc2NC(=O)CN)c1.Cl. The molecule has 0 aliphatic carbocycles. The molecule has 2 rings (SSSR count). The number of amides is 1. The van der Waals surface area contributed by atoms with Crippen molar-refractivity contribution < 1.29 is 4.79 Å². The first-order valence-electron chi connectivity index (χ1n) is 6.99. The summed E-state index contributed by atoms with van der Waals surface area (Å²) in [4.78, 5) is 11.6. The molecule has 1 heterocycles. The van der Waals surface area contributed by atoms with E-state index in [2.05, 4.69) is 31.2 Å². The third-order valence-electron chi connectivity index (χ3n) is 3.18. The van der Waals surface area contributed by atoms with Crippen LogP contribution in [0, 0.1) is 6.92 Å². The minimum atomic E-state index is -0.232. The van der Waals surface area contributed by atoms with Crippen molar-refractivity contribution >= 4 is 24.1 Å². The third kappa shape index (κ3) is 4.08. The number of halogens is 1. The molecule has 0 atom stereocenters. The molecule has 22 heavy (non-hydrogen) atoms. The zero-order chi connectivity index (χ0) is 15.6. The molecule has 0 unspecified atom stereocenters. The molecule has 0 fully saturated rings. The van der Waals surface area contributed by atoms with Crippen molar-refractivity contribution in [2.24, 2.45) is 5.73 Å². The fraction of sp³-hybridized carbons (Fsp3) is 0.375. The highest BCUT2D eigenvalue weighted by Crippen LogP contribution is 2.26. The van der Waals surface area contributed by atoms with Gasteiger partial charge in [0.15, 0.2) is 0 Å². The van der Waals surface area contributed by atoms with Crippen molar-refractivity contribution in [3.63, 3.8) is 0 Å². The summed E-state index contributed by atoms with van der Waals surface area (Å²) in [5.74, 6) is 0.408. The van der Waals surface area contributed by atoms with Gasteiger partial charge in [0.05, 0.1) is 17.9 Å². The van der Waals surface area contributed by atoms with Crippen molar-refractivity contribution in [3.05, 3.63) is 41.6 Å². The van der Waals surface area contributed by atoms with Crippen LogP contribution in [0.2, 0.25) is 0 Å². The highest BCUT2D eigenvalue weighted by atomic mass is 35.5. The summed E-state index contributed by atoms with van der Waals surface area (Å²) in [6.45, 7) is 8.24. The van der Waals surface area contributed by atoms with Crippen LogP contribution in [-0.2, 0) is 10.2 Å². The normalized spacial score (nSPS) is 11.0. The fourth-order valence-corrected chi connectivity index (χ4v) is 1.99. The van der Waals surface area contributed by atoms with Crippen LogP contribution in [0.5, 0.6) is 0 Å². The standard InChI is InChI=1S/C16H22N4O.ClH/c1-11-6-5-7-12(8-11)20-14(18-15(21)10-17)9-13(19-20)16(2,3)4;/h5-9H,10,17H2,1-4H3,(H,18,21);1H. The Bertz CT molecular complexity index is 658. The first kappa shape index (κ1) is 18.2. The molecule has 0 spiro atoms. The highest BCUT2D eigenvalue weighted by molar-refractivity contribution is 5.91. The molecule has 0 aliphatic rings. The number of rotatable bonds is 3. The summed E-state index contributed by atoms with van der Waals surface area (Å²) in [5, 5.41) is 7.45. The quantitative estimate of drug-likeness (QED) is 0.912. The van der Waals surface area contributed by atoms with E-state index in [1.165, 1.54) is 0 Å². The summed E-state index contributed by atoms with van der Waals surface area (Å²) in [7, 11) is 0. The first-order chi connectivity index (χ1) is 9.81. The smallest absolute Gasteiger partial charge is 0.239 e. The van der Waals surface area contributed by atoms with Gasteiger partial charge in [-0.25, -0.2) is 4.68 Å². The van der Waals surface area contributed by atoms with E-state index in [-0.39, 0.29) is 30.3 Å². The van der Waals surface area contributed by atoms with Crippen molar-refractivity contribution in [2.75, 3.05) is 11.9 Å². The van der Waals surface area contributed by atoms with Gasteiger partial charge in [0.1, 0.15) is 5.82 Å².